The number of fused-ring (bicyclic) bond motifs is 2. The molecule has 0 radical (unpaired) electrons. The van der Waals surface area contributed by atoms with E-state index in [1.54, 1.807) is 0 Å². The van der Waals surface area contributed by atoms with Crippen LogP contribution in [-0.2, 0) is 24.0 Å². The van der Waals surface area contributed by atoms with Crippen LogP contribution in [-0.4, -0.2) is 23.5 Å². The van der Waals surface area contributed by atoms with E-state index in [1.807, 2.05) is 13.8 Å². The van der Waals surface area contributed by atoms with E-state index in [2.05, 4.69) is 13.8 Å². The number of ketones is 1. The van der Waals surface area contributed by atoms with Crippen molar-refractivity contribution in [1.29, 1.82) is 0 Å². The molecule has 4 aliphatic heterocycles. The number of Topliss-reactive ketones (excluding diaryl/α,β-unsaturated/α-hetero) is 1. The van der Waals surface area contributed by atoms with Gasteiger partial charge in [-0.05, 0) is 51.0 Å². The van der Waals surface area contributed by atoms with Gasteiger partial charge in [0.05, 0.1) is 0 Å². The van der Waals surface area contributed by atoms with Gasteiger partial charge in [0.15, 0.2) is 17.1 Å². The van der Waals surface area contributed by atoms with Crippen molar-refractivity contribution in [3.8, 4) is 0 Å². The first-order chi connectivity index (χ1) is 11.9. The lowest BCUT2D eigenvalue weighted by molar-refractivity contribution is -0.555. The molecule has 3 saturated heterocycles. The van der Waals surface area contributed by atoms with Gasteiger partial charge in [0.2, 0.25) is 12.1 Å². The minimum Gasteiger partial charge on any atom is -0.458 e. The van der Waals surface area contributed by atoms with Crippen molar-refractivity contribution in [2.24, 2.45) is 17.8 Å². The van der Waals surface area contributed by atoms with Crippen LogP contribution in [0.4, 0.5) is 0 Å². The van der Waals surface area contributed by atoms with Crippen LogP contribution in [0, 0.1) is 17.8 Å². The van der Waals surface area contributed by atoms with Crippen molar-refractivity contribution in [2.75, 3.05) is 0 Å². The van der Waals surface area contributed by atoms with Crippen molar-refractivity contribution in [1.82, 2.24) is 0 Å². The summed E-state index contributed by atoms with van der Waals surface area (Å²) in [5.41, 5.74) is 0.402. The molecule has 0 unspecified atom stereocenters. The number of hydrogen-bond acceptors (Lipinski definition) is 5. The molecule has 1 aliphatic carbocycles. The van der Waals surface area contributed by atoms with Crippen molar-refractivity contribution in [3.63, 3.8) is 0 Å². The summed E-state index contributed by atoms with van der Waals surface area (Å²) in [6.07, 6.45) is 5.77. The van der Waals surface area contributed by atoms with E-state index in [-0.39, 0.29) is 11.7 Å². The van der Waals surface area contributed by atoms with Crippen LogP contribution in [0.1, 0.15) is 72.6 Å². The number of rotatable bonds is 4. The molecule has 4 heterocycles. The molecule has 2 bridgehead atoms. The lowest BCUT2D eigenvalue weighted by Gasteiger charge is -2.57. The van der Waals surface area contributed by atoms with Gasteiger partial charge in [-0.2, -0.15) is 0 Å². The molecule has 25 heavy (non-hydrogen) atoms. The van der Waals surface area contributed by atoms with E-state index < -0.39 is 17.7 Å². The van der Waals surface area contributed by atoms with E-state index in [1.165, 1.54) is 0 Å². The second-order valence-corrected chi connectivity index (χ2v) is 8.51. The number of hydrogen-bond donors (Lipinski definition) is 0. The Morgan fingerprint density at radius 2 is 2.04 bits per heavy atom. The van der Waals surface area contributed by atoms with Gasteiger partial charge < -0.3 is 9.47 Å². The molecule has 0 N–H and O–H groups in total. The Kier molecular flexibility index (Phi) is 4.25. The van der Waals surface area contributed by atoms with E-state index in [9.17, 15) is 4.79 Å². The first-order valence-electron chi connectivity index (χ1n) is 9.86. The maximum absolute atomic E-state index is 12.7. The zero-order valence-corrected chi connectivity index (χ0v) is 15.8. The highest BCUT2D eigenvalue weighted by molar-refractivity contribution is 5.94. The summed E-state index contributed by atoms with van der Waals surface area (Å²) in [5.74, 6) is 0.792. The Balaban J connectivity index is 1.75. The Morgan fingerprint density at radius 1 is 1.24 bits per heavy atom. The Bertz CT molecular complexity index is 599. The molecule has 0 aromatic heterocycles. The Morgan fingerprint density at radius 3 is 2.80 bits per heavy atom. The normalized spacial score (nSPS) is 45.6. The van der Waals surface area contributed by atoms with Gasteiger partial charge in [0.25, 0.3) is 0 Å². The maximum Gasteiger partial charge on any atom is 0.236 e. The summed E-state index contributed by atoms with van der Waals surface area (Å²) in [6.45, 7) is 8.32. The van der Waals surface area contributed by atoms with Crippen LogP contribution in [0.2, 0.25) is 0 Å². The van der Waals surface area contributed by atoms with E-state index in [0.29, 0.717) is 24.0 Å². The lowest BCUT2D eigenvalue weighted by atomic mass is 9.59. The van der Waals surface area contributed by atoms with Crippen LogP contribution >= 0.6 is 0 Å². The predicted octanol–water partition coefficient (Wildman–Crippen LogP) is 4.27. The summed E-state index contributed by atoms with van der Waals surface area (Å²) in [6, 6.07) is 0. The monoisotopic (exact) mass is 350 g/mol. The molecule has 5 aliphatic rings. The van der Waals surface area contributed by atoms with Crippen molar-refractivity contribution in [2.45, 2.75) is 90.3 Å². The third-order valence-corrected chi connectivity index (χ3v) is 6.83. The molecule has 5 rings (SSSR count). The van der Waals surface area contributed by atoms with Gasteiger partial charge in [-0.1, -0.05) is 20.3 Å². The van der Waals surface area contributed by atoms with Gasteiger partial charge in [-0.25, -0.2) is 9.78 Å². The molecular weight excluding hydrogens is 320 g/mol. The Labute approximate surface area is 150 Å². The first kappa shape index (κ1) is 17.5. The molecule has 140 valence electrons. The molecule has 0 aromatic rings. The number of carbonyl (C=O) groups is 1. The fraction of sp³-hybridized carbons (Fsp3) is 0.850. The SMILES string of the molecule is CCCCC(=O)C1=C(C)[C@@H]2CC[C@@H](C)[C@@H]3CC[C@]4(C)OO[C@@]23[C@H](O1)O4. The molecule has 4 fully saturated rings. The van der Waals surface area contributed by atoms with E-state index >= 15 is 0 Å². The third kappa shape index (κ3) is 2.50. The summed E-state index contributed by atoms with van der Waals surface area (Å²) < 4.78 is 12.5. The van der Waals surface area contributed by atoms with E-state index in [4.69, 9.17) is 19.2 Å². The average Bonchev–Trinajstić information content (AvgIpc) is 2.82. The fourth-order valence-electron chi connectivity index (χ4n) is 5.35. The highest BCUT2D eigenvalue weighted by atomic mass is 17.3. The number of carbonyl (C=O) groups excluding carboxylic acids is 1. The van der Waals surface area contributed by atoms with Gasteiger partial charge in [-0.3, -0.25) is 4.79 Å². The maximum atomic E-state index is 12.7. The molecule has 1 spiro atoms. The lowest BCUT2D eigenvalue weighted by Crippen LogP contribution is -2.66. The minimum absolute atomic E-state index is 0.0964. The summed E-state index contributed by atoms with van der Waals surface area (Å²) >= 11 is 0. The zero-order chi connectivity index (χ0) is 17.8. The second-order valence-electron chi connectivity index (χ2n) is 8.51. The third-order valence-electron chi connectivity index (χ3n) is 6.83. The fourth-order valence-corrected chi connectivity index (χ4v) is 5.35. The Hall–Kier alpha value is -0.910. The van der Waals surface area contributed by atoms with Crippen LogP contribution in [0.3, 0.4) is 0 Å². The standard InChI is InChI=1S/C20H30O5/c1-5-6-7-16(21)17-13(3)15-9-8-12(2)14-10-11-19(4)23-18(22-17)20(14,15)25-24-19/h12,14-15,18H,5-11H2,1-4H3/t12-,14+,15+,18-,19+,20-/m1/s1. The molecule has 0 amide bonds. The quantitative estimate of drug-likeness (QED) is 0.709. The molecule has 1 saturated carbocycles. The van der Waals surface area contributed by atoms with Crippen LogP contribution < -0.4 is 0 Å². The molecule has 6 atom stereocenters. The molecular formula is C20H30O5. The molecule has 5 nitrogen and oxygen atoms in total. The highest BCUT2D eigenvalue weighted by Gasteiger charge is 2.68. The summed E-state index contributed by atoms with van der Waals surface area (Å²) in [4.78, 5) is 24.6. The summed E-state index contributed by atoms with van der Waals surface area (Å²) in [5, 5.41) is 0. The highest BCUT2D eigenvalue weighted by Crippen LogP contribution is 2.60. The van der Waals surface area contributed by atoms with Crippen molar-refractivity contribution in [3.05, 3.63) is 11.3 Å². The number of ether oxygens (including phenoxy) is 2. The minimum atomic E-state index is -0.791. The van der Waals surface area contributed by atoms with E-state index in [0.717, 1.165) is 44.1 Å². The largest absolute Gasteiger partial charge is 0.458 e. The van der Waals surface area contributed by atoms with Gasteiger partial charge in [0, 0.05) is 24.7 Å². The number of allylic oxidation sites excluding steroid dienone is 1. The van der Waals surface area contributed by atoms with Crippen LogP contribution in [0.15, 0.2) is 11.3 Å². The van der Waals surface area contributed by atoms with Crippen LogP contribution in [0.5, 0.6) is 0 Å². The molecule has 5 heteroatoms. The molecule has 0 aromatic carbocycles. The zero-order valence-electron chi connectivity index (χ0n) is 15.8. The van der Waals surface area contributed by atoms with Gasteiger partial charge in [0.1, 0.15) is 0 Å². The van der Waals surface area contributed by atoms with Crippen molar-refractivity contribution >= 4 is 5.78 Å². The first-order valence-corrected chi connectivity index (χ1v) is 9.86. The average molecular weight is 350 g/mol. The topological polar surface area (TPSA) is 54.0 Å². The number of unbranched alkanes of at least 4 members (excludes halogenated alkanes) is 1. The predicted molar refractivity (Wildman–Crippen MR) is 91.1 cm³/mol. The summed E-state index contributed by atoms with van der Waals surface area (Å²) in [7, 11) is 0. The second kappa shape index (κ2) is 6.07. The van der Waals surface area contributed by atoms with Crippen LogP contribution in [0.25, 0.3) is 0 Å². The van der Waals surface area contributed by atoms with Gasteiger partial charge >= 0.3 is 0 Å². The van der Waals surface area contributed by atoms with Crippen molar-refractivity contribution < 1.29 is 24.0 Å². The van der Waals surface area contributed by atoms with Gasteiger partial charge in [-0.15, -0.1) is 0 Å². The smallest absolute Gasteiger partial charge is 0.236 e.